The van der Waals surface area contributed by atoms with Crippen LogP contribution in [0, 0.1) is 11.3 Å². The molecule has 0 heterocycles. The van der Waals surface area contributed by atoms with Crippen molar-refractivity contribution in [1.29, 1.82) is 5.26 Å². The third kappa shape index (κ3) is 4.94. The first kappa shape index (κ1) is 19.2. The van der Waals surface area contributed by atoms with E-state index in [9.17, 15) is 14.9 Å². The number of nitrogens with zero attached hydrogens (tertiary/aromatic N) is 1. The quantitative estimate of drug-likeness (QED) is 0.346. The fourth-order valence-electron chi connectivity index (χ4n) is 2.08. The maximum atomic E-state index is 12.3. The van der Waals surface area contributed by atoms with Gasteiger partial charge in [-0.1, -0.05) is 34.1 Å². The van der Waals surface area contributed by atoms with E-state index in [1.54, 1.807) is 30.3 Å². The van der Waals surface area contributed by atoms with Gasteiger partial charge >= 0.3 is 5.97 Å². The second kappa shape index (κ2) is 8.83. The Hall–Kier alpha value is -3.11. The smallest absolute Gasteiger partial charge is 0.308 e. The van der Waals surface area contributed by atoms with Gasteiger partial charge in [-0.05, 0) is 35.9 Å². The minimum atomic E-state index is -0.534. The summed E-state index contributed by atoms with van der Waals surface area (Å²) in [5.74, 6) is -0.487. The molecule has 0 bridgehead atoms. The molecule has 1 N–H and O–H groups in total. The number of carbonyl (C=O) groups is 2. The number of hydrogen-bond donors (Lipinski definition) is 1. The van der Waals surface area contributed by atoms with Crippen LogP contribution < -0.4 is 14.8 Å². The highest BCUT2D eigenvalue weighted by atomic mass is 79.9. The van der Waals surface area contributed by atoms with E-state index in [2.05, 4.69) is 21.2 Å². The third-order valence-corrected chi connectivity index (χ3v) is 3.92. The molecule has 0 unspecified atom stereocenters. The molecule has 132 valence electrons. The second-order valence-electron chi connectivity index (χ2n) is 5.11. The largest absolute Gasteiger partial charge is 0.493 e. The van der Waals surface area contributed by atoms with Crippen LogP contribution in [0.15, 0.2) is 52.5 Å². The van der Waals surface area contributed by atoms with Gasteiger partial charge in [0.05, 0.1) is 7.11 Å². The first-order chi connectivity index (χ1) is 12.4. The molecule has 0 fully saturated rings. The number of esters is 1. The summed E-state index contributed by atoms with van der Waals surface area (Å²) < 4.78 is 10.8. The zero-order valence-corrected chi connectivity index (χ0v) is 15.7. The van der Waals surface area contributed by atoms with E-state index in [-0.39, 0.29) is 11.3 Å². The number of anilines is 1. The summed E-state index contributed by atoms with van der Waals surface area (Å²) in [4.78, 5) is 23.5. The maximum absolute atomic E-state index is 12.3. The number of methoxy groups -OCH3 is 1. The van der Waals surface area contributed by atoms with Crippen molar-refractivity contribution in [2.75, 3.05) is 12.4 Å². The topological polar surface area (TPSA) is 88.4 Å². The lowest BCUT2D eigenvalue weighted by Gasteiger charge is -2.11. The number of para-hydroxylation sites is 1. The Bertz CT molecular complexity index is 902. The van der Waals surface area contributed by atoms with Crippen LogP contribution in [0.2, 0.25) is 0 Å². The fraction of sp³-hybridized carbons (Fsp3) is 0.105. The first-order valence-corrected chi connectivity index (χ1v) is 8.28. The van der Waals surface area contributed by atoms with E-state index in [0.29, 0.717) is 21.5 Å². The van der Waals surface area contributed by atoms with Crippen molar-refractivity contribution < 1.29 is 19.1 Å². The van der Waals surface area contributed by atoms with Crippen molar-refractivity contribution in [3.63, 3.8) is 0 Å². The van der Waals surface area contributed by atoms with Crippen LogP contribution >= 0.6 is 15.9 Å². The summed E-state index contributed by atoms with van der Waals surface area (Å²) >= 11 is 3.34. The van der Waals surface area contributed by atoms with E-state index < -0.39 is 11.9 Å². The Morgan fingerprint density at radius 1 is 1.19 bits per heavy atom. The summed E-state index contributed by atoms with van der Waals surface area (Å²) in [5, 5.41) is 12.0. The van der Waals surface area contributed by atoms with E-state index in [1.807, 2.05) is 12.1 Å². The predicted octanol–water partition coefficient (Wildman–Crippen LogP) is 3.93. The molecule has 0 radical (unpaired) electrons. The van der Waals surface area contributed by atoms with Crippen LogP contribution in [0.3, 0.4) is 0 Å². The molecule has 0 saturated heterocycles. The number of hydrogen-bond acceptors (Lipinski definition) is 5. The van der Waals surface area contributed by atoms with Crippen LogP contribution in [0.25, 0.3) is 6.08 Å². The van der Waals surface area contributed by atoms with Crippen LogP contribution in [0.4, 0.5) is 5.69 Å². The molecular weight excluding hydrogens is 400 g/mol. The monoisotopic (exact) mass is 414 g/mol. The van der Waals surface area contributed by atoms with Crippen molar-refractivity contribution >= 4 is 39.6 Å². The molecule has 0 aliphatic rings. The first-order valence-electron chi connectivity index (χ1n) is 7.48. The number of amides is 1. The molecule has 0 aliphatic heterocycles. The summed E-state index contributed by atoms with van der Waals surface area (Å²) in [7, 11) is 1.43. The number of rotatable bonds is 5. The van der Waals surface area contributed by atoms with Crippen molar-refractivity contribution in [3.8, 4) is 17.6 Å². The fourth-order valence-corrected chi connectivity index (χ4v) is 2.52. The van der Waals surface area contributed by atoms with Gasteiger partial charge in [0.25, 0.3) is 5.91 Å². The van der Waals surface area contributed by atoms with E-state index in [0.717, 1.165) is 0 Å². The van der Waals surface area contributed by atoms with Gasteiger partial charge < -0.3 is 14.8 Å². The van der Waals surface area contributed by atoms with Crippen molar-refractivity contribution in [1.82, 2.24) is 0 Å². The predicted molar refractivity (Wildman–Crippen MR) is 101 cm³/mol. The molecule has 2 aromatic carbocycles. The number of nitriles is 1. The van der Waals surface area contributed by atoms with Gasteiger partial charge in [-0.25, -0.2) is 0 Å². The van der Waals surface area contributed by atoms with Crippen LogP contribution in [-0.2, 0) is 9.59 Å². The lowest BCUT2D eigenvalue weighted by Crippen LogP contribution is -2.13. The number of benzene rings is 2. The summed E-state index contributed by atoms with van der Waals surface area (Å²) in [6.07, 6.45) is 1.42. The van der Waals surface area contributed by atoms with Crippen LogP contribution in [0.5, 0.6) is 11.5 Å². The normalized spacial score (nSPS) is 10.6. The third-order valence-electron chi connectivity index (χ3n) is 3.23. The highest BCUT2D eigenvalue weighted by Crippen LogP contribution is 2.34. The lowest BCUT2D eigenvalue weighted by molar-refractivity contribution is -0.132. The summed E-state index contributed by atoms with van der Waals surface area (Å²) in [6.45, 7) is 1.28. The van der Waals surface area contributed by atoms with Crippen LogP contribution in [0.1, 0.15) is 12.5 Å². The highest BCUT2D eigenvalue weighted by Gasteiger charge is 2.14. The zero-order valence-electron chi connectivity index (χ0n) is 14.1. The highest BCUT2D eigenvalue weighted by molar-refractivity contribution is 9.10. The molecule has 0 atom stereocenters. The molecule has 0 spiro atoms. The minimum absolute atomic E-state index is 0.0863. The average Bonchev–Trinajstić information content (AvgIpc) is 2.61. The molecule has 0 saturated carbocycles. The molecule has 2 rings (SSSR count). The SMILES string of the molecule is COc1cc(/C=C(/C#N)C(=O)Nc2ccccc2)c(Br)cc1OC(C)=O. The van der Waals surface area contributed by atoms with Crippen molar-refractivity contribution in [2.24, 2.45) is 0 Å². The van der Waals surface area contributed by atoms with Crippen molar-refractivity contribution in [3.05, 3.63) is 58.1 Å². The van der Waals surface area contributed by atoms with Crippen LogP contribution in [-0.4, -0.2) is 19.0 Å². The molecule has 7 heteroatoms. The van der Waals surface area contributed by atoms with E-state index >= 15 is 0 Å². The minimum Gasteiger partial charge on any atom is -0.493 e. The Morgan fingerprint density at radius 3 is 2.46 bits per heavy atom. The molecule has 0 aromatic heterocycles. The molecule has 1 amide bonds. The standard InChI is InChI=1S/C19H15BrN2O4/c1-12(23)26-18-10-16(20)13(9-17(18)25-2)8-14(11-21)19(24)22-15-6-4-3-5-7-15/h3-10H,1-2H3,(H,22,24)/b14-8-. The number of halogens is 1. The Kier molecular flexibility index (Phi) is 6.53. The molecule has 26 heavy (non-hydrogen) atoms. The van der Waals surface area contributed by atoms with Gasteiger partial charge in [0.2, 0.25) is 0 Å². The number of nitrogens with one attached hydrogen (secondary N) is 1. The number of carbonyl (C=O) groups excluding carboxylic acids is 2. The van der Waals surface area contributed by atoms with E-state index in [4.69, 9.17) is 9.47 Å². The molecule has 6 nitrogen and oxygen atoms in total. The zero-order chi connectivity index (χ0) is 19.1. The van der Waals surface area contributed by atoms with Gasteiger partial charge in [-0.2, -0.15) is 5.26 Å². The summed E-state index contributed by atoms with van der Waals surface area (Å²) in [6, 6.07) is 13.8. The molecule has 2 aromatic rings. The maximum Gasteiger partial charge on any atom is 0.308 e. The van der Waals surface area contributed by atoms with Gasteiger partial charge in [-0.15, -0.1) is 0 Å². The van der Waals surface area contributed by atoms with Gasteiger partial charge in [0.1, 0.15) is 11.6 Å². The van der Waals surface area contributed by atoms with Gasteiger partial charge in [-0.3, -0.25) is 9.59 Å². The van der Waals surface area contributed by atoms with E-state index in [1.165, 1.54) is 26.2 Å². The Morgan fingerprint density at radius 2 is 1.88 bits per heavy atom. The Labute approximate surface area is 159 Å². The molecule has 0 aliphatic carbocycles. The lowest BCUT2D eigenvalue weighted by atomic mass is 10.1. The Balaban J connectivity index is 2.34. The molecular formula is C19H15BrN2O4. The average molecular weight is 415 g/mol. The summed E-state index contributed by atoms with van der Waals surface area (Å²) in [5.41, 5.74) is 1.02. The van der Waals surface area contributed by atoms with Gasteiger partial charge in [0.15, 0.2) is 11.5 Å². The number of ether oxygens (including phenoxy) is 2. The van der Waals surface area contributed by atoms with Crippen molar-refractivity contribution in [2.45, 2.75) is 6.92 Å². The second-order valence-corrected chi connectivity index (χ2v) is 5.96. The van der Waals surface area contributed by atoms with Gasteiger partial charge in [0, 0.05) is 17.1 Å².